The molecule has 1 aliphatic rings. The van der Waals surface area contributed by atoms with E-state index in [2.05, 4.69) is 6.26 Å². The fourth-order valence-corrected chi connectivity index (χ4v) is 2.93. The second kappa shape index (κ2) is 5.57. The number of benzene rings is 1. The molecule has 0 bridgehead atoms. The number of thioether (sulfide) groups is 1. The summed E-state index contributed by atoms with van der Waals surface area (Å²) in [6, 6.07) is 3.95. The number of piperidine rings is 1. The first-order valence-electron chi connectivity index (χ1n) is 5.82. The highest BCUT2D eigenvalue weighted by Crippen LogP contribution is 2.30. The van der Waals surface area contributed by atoms with Crippen molar-refractivity contribution in [2.45, 2.75) is 18.1 Å². The third kappa shape index (κ3) is 2.59. The van der Waals surface area contributed by atoms with Crippen LogP contribution in [0.3, 0.4) is 0 Å². The van der Waals surface area contributed by atoms with Gasteiger partial charge >= 0.3 is 0 Å². The van der Waals surface area contributed by atoms with Crippen molar-refractivity contribution in [1.29, 1.82) is 5.26 Å². The van der Waals surface area contributed by atoms with Crippen LogP contribution in [0.25, 0.3) is 0 Å². The van der Waals surface area contributed by atoms with Crippen LogP contribution in [-0.4, -0.2) is 24.6 Å². The molecule has 0 aliphatic carbocycles. The topological polar surface area (TPSA) is 27.0 Å². The van der Waals surface area contributed by atoms with Gasteiger partial charge in [-0.15, -0.1) is 0 Å². The van der Waals surface area contributed by atoms with Gasteiger partial charge in [-0.05, 0) is 31.2 Å². The maximum atomic E-state index is 13.8. The van der Waals surface area contributed by atoms with E-state index in [0.717, 1.165) is 25.0 Å². The van der Waals surface area contributed by atoms with Crippen molar-refractivity contribution < 1.29 is 8.78 Å². The minimum atomic E-state index is -0.644. The highest BCUT2D eigenvalue weighted by molar-refractivity contribution is 7.99. The molecule has 5 heteroatoms. The lowest BCUT2D eigenvalue weighted by Crippen LogP contribution is -2.35. The lowest BCUT2D eigenvalue weighted by Gasteiger charge is -2.33. The highest BCUT2D eigenvalue weighted by Gasteiger charge is 2.23. The smallest absolute Gasteiger partial charge is 0.150 e. The molecule has 1 aliphatic heterocycles. The highest BCUT2D eigenvalue weighted by atomic mass is 32.2. The summed E-state index contributed by atoms with van der Waals surface area (Å²) >= 11 is 1.80. The fraction of sp³-hybridized carbons (Fsp3) is 0.462. The van der Waals surface area contributed by atoms with Crippen LogP contribution in [-0.2, 0) is 0 Å². The Morgan fingerprint density at radius 3 is 2.28 bits per heavy atom. The van der Waals surface area contributed by atoms with Gasteiger partial charge in [-0.25, -0.2) is 8.78 Å². The predicted octanol–water partition coefficient (Wildman–Crippen LogP) is 3.17. The molecular formula is C13H14F2N2S. The molecule has 1 aromatic rings. The molecule has 0 unspecified atom stereocenters. The second-order valence-corrected chi connectivity index (χ2v) is 5.46. The molecule has 1 heterocycles. The zero-order valence-electron chi connectivity index (χ0n) is 10.1. The van der Waals surface area contributed by atoms with Gasteiger partial charge in [0.25, 0.3) is 0 Å². The third-order valence-corrected chi connectivity index (χ3v) is 4.38. The Labute approximate surface area is 110 Å². The molecule has 0 aromatic heterocycles. The van der Waals surface area contributed by atoms with Crippen molar-refractivity contribution in [2.24, 2.45) is 0 Å². The third-order valence-electron chi connectivity index (χ3n) is 3.24. The molecule has 2 nitrogen and oxygen atoms in total. The molecule has 1 aromatic carbocycles. The molecule has 18 heavy (non-hydrogen) atoms. The van der Waals surface area contributed by atoms with Crippen LogP contribution in [0.1, 0.15) is 18.4 Å². The number of nitriles is 1. The second-order valence-electron chi connectivity index (χ2n) is 4.32. The van der Waals surface area contributed by atoms with Crippen molar-refractivity contribution in [3.8, 4) is 6.07 Å². The lowest BCUT2D eigenvalue weighted by molar-refractivity contribution is 0.536. The van der Waals surface area contributed by atoms with Gasteiger partial charge in [-0.1, -0.05) is 0 Å². The summed E-state index contributed by atoms with van der Waals surface area (Å²) in [6.07, 6.45) is 3.92. The number of rotatable bonds is 2. The summed E-state index contributed by atoms with van der Waals surface area (Å²) < 4.78 is 27.6. The Balaban J connectivity index is 2.22. The van der Waals surface area contributed by atoms with Gasteiger partial charge in [0.2, 0.25) is 0 Å². The van der Waals surface area contributed by atoms with Gasteiger partial charge in [-0.3, -0.25) is 0 Å². The monoisotopic (exact) mass is 268 g/mol. The average molecular weight is 268 g/mol. The van der Waals surface area contributed by atoms with Crippen molar-refractivity contribution in [3.63, 3.8) is 0 Å². The Morgan fingerprint density at radius 2 is 1.83 bits per heavy atom. The average Bonchev–Trinajstić information content (AvgIpc) is 2.38. The van der Waals surface area contributed by atoms with Gasteiger partial charge < -0.3 is 4.90 Å². The van der Waals surface area contributed by atoms with Crippen LogP contribution in [0.4, 0.5) is 14.5 Å². The quantitative estimate of drug-likeness (QED) is 0.824. The molecule has 2 rings (SSSR count). The van der Waals surface area contributed by atoms with Crippen molar-refractivity contribution in [3.05, 3.63) is 29.3 Å². The van der Waals surface area contributed by atoms with Crippen LogP contribution in [0.5, 0.6) is 0 Å². The SMILES string of the molecule is CSC1CCN(c2c(F)cc(C#N)cc2F)CC1. The molecule has 0 radical (unpaired) electrons. The van der Waals surface area contributed by atoms with E-state index in [-0.39, 0.29) is 11.3 Å². The lowest BCUT2D eigenvalue weighted by atomic mass is 10.1. The number of halogens is 2. The molecule has 0 amide bonds. The summed E-state index contributed by atoms with van der Waals surface area (Å²) in [5.74, 6) is -1.29. The number of anilines is 1. The molecule has 0 N–H and O–H groups in total. The summed E-state index contributed by atoms with van der Waals surface area (Å²) in [5, 5.41) is 9.23. The first-order valence-corrected chi connectivity index (χ1v) is 7.11. The largest absolute Gasteiger partial charge is 0.367 e. The Bertz CT molecular complexity index is 453. The summed E-state index contributed by atoms with van der Waals surface area (Å²) in [5.41, 5.74) is 0.0290. The van der Waals surface area contributed by atoms with Crippen LogP contribution in [0.2, 0.25) is 0 Å². The van der Waals surface area contributed by atoms with Crippen molar-refractivity contribution >= 4 is 17.4 Å². The minimum absolute atomic E-state index is 0.00792. The number of nitrogens with zero attached hydrogens (tertiary/aromatic N) is 2. The van der Waals surface area contributed by atoms with Crippen LogP contribution in [0, 0.1) is 23.0 Å². The molecule has 0 saturated carbocycles. The molecule has 0 spiro atoms. The molecule has 0 atom stereocenters. The predicted molar refractivity (Wildman–Crippen MR) is 69.8 cm³/mol. The maximum Gasteiger partial charge on any atom is 0.150 e. The van der Waals surface area contributed by atoms with Gasteiger partial charge in [0.05, 0.1) is 11.6 Å². The first kappa shape index (κ1) is 13.2. The maximum absolute atomic E-state index is 13.8. The first-order chi connectivity index (χ1) is 8.65. The zero-order chi connectivity index (χ0) is 13.1. The Morgan fingerprint density at radius 1 is 1.28 bits per heavy atom. The summed E-state index contributed by atoms with van der Waals surface area (Å²) in [4.78, 5) is 1.73. The summed E-state index contributed by atoms with van der Waals surface area (Å²) in [7, 11) is 0. The van der Waals surface area contributed by atoms with E-state index >= 15 is 0 Å². The van der Waals surface area contributed by atoms with E-state index in [1.54, 1.807) is 22.7 Å². The molecule has 96 valence electrons. The van der Waals surface area contributed by atoms with E-state index in [0.29, 0.717) is 18.3 Å². The van der Waals surface area contributed by atoms with E-state index < -0.39 is 11.6 Å². The van der Waals surface area contributed by atoms with Crippen molar-refractivity contribution in [2.75, 3.05) is 24.2 Å². The van der Waals surface area contributed by atoms with Crippen LogP contribution >= 0.6 is 11.8 Å². The Hall–Kier alpha value is -1.28. The number of hydrogen-bond donors (Lipinski definition) is 0. The van der Waals surface area contributed by atoms with Gasteiger partial charge in [0.1, 0.15) is 5.69 Å². The zero-order valence-corrected chi connectivity index (χ0v) is 10.9. The van der Waals surface area contributed by atoms with Gasteiger partial charge in [-0.2, -0.15) is 17.0 Å². The normalized spacial score (nSPS) is 16.7. The van der Waals surface area contributed by atoms with Crippen LogP contribution < -0.4 is 4.90 Å². The fourth-order valence-electron chi connectivity index (χ4n) is 2.25. The minimum Gasteiger partial charge on any atom is -0.367 e. The molecule has 1 fully saturated rings. The molecular weight excluding hydrogens is 254 g/mol. The van der Waals surface area contributed by atoms with E-state index in [1.807, 2.05) is 0 Å². The van der Waals surface area contributed by atoms with E-state index in [9.17, 15) is 8.78 Å². The van der Waals surface area contributed by atoms with Crippen LogP contribution in [0.15, 0.2) is 12.1 Å². The van der Waals surface area contributed by atoms with E-state index in [4.69, 9.17) is 5.26 Å². The summed E-state index contributed by atoms with van der Waals surface area (Å²) in [6.45, 7) is 1.32. The van der Waals surface area contributed by atoms with E-state index in [1.165, 1.54) is 0 Å². The Kier molecular flexibility index (Phi) is 4.07. The van der Waals surface area contributed by atoms with Crippen molar-refractivity contribution in [1.82, 2.24) is 0 Å². The number of hydrogen-bond acceptors (Lipinski definition) is 3. The standard InChI is InChI=1S/C13H14F2N2S/c1-18-10-2-4-17(5-3-10)13-11(14)6-9(8-16)7-12(13)15/h6-7,10H,2-5H2,1H3. The van der Waals surface area contributed by atoms with Gasteiger partial charge in [0, 0.05) is 18.3 Å². The van der Waals surface area contributed by atoms with Gasteiger partial charge in [0.15, 0.2) is 11.6 Å². The molecule has 1 saturated heterocycles.